The van der Waals surface area contributed by atoms with Gasteiger partial charge in [0.1, 0.15) is 12.1 Å². The molecule has 4 nitrogen and oxygen atoms in total. The molecule has 0 atom stereocenters. The molecule has 0 aliphatic carbocycles. The number of rotatable bonds is 3. The van der Waals surface area contributed by atoms with Crippen molar-refractivity contribution >= 4 is 48.8 Å². The fraction of sp³-hybridized carbons (Fsp3) is 0. The van der Waals surface area contributed by atoms with Crippen LogP contribution in [0.5, 0.6) is 0 Å². The lowest BCUT2D eigenvalue weighted by Crippen LogP contribution is -1.97. The molecule has 1 N–H and O–H groups in total. The number of hydrogen-bond donors (Lipinski definition) is 1. The molecule has 0 saturated heterocycles. The molecule has 98 valence electrons. The van der Waals surface area contributed by atoms with Crippen LogP contribution in [0.1, 0.15) is 10.4 Å². The van der Waals surface area contributed by atoms with E-state index in [0.29, 0.717) is 11.4 Å². The summed E-state index contributed by atoms with van der Waals surface area (Å²) < 4.78 is -0.000913. The lowest BCUT2D eigenvalue weighted by atomic mass is 10.1. The Morgan fingerprint density at radius 3 is 2.60 bits per heavy atom. The second-order valence-corrected chi connectivity index (χ2v) is 5.20. The topological polar surface area (TPSA) is 54.9 Å². The van der Waals surface area contributed by atoms with Crippen LogP contribution in [0.2, 0.25) is 0 Å². The number of para-hydroxylation sites is 1. The molecule has 0 aliphatic heterocycles. The molecule has 3 aromatic rings. The van der Waals surface area contributed by atoms with Gasteiger partial charge in [-0.3, -0.25) is 4.79 Å². The molecule has 1 aromatic heterocycles. The normalized spacial score (nSPS) is 10.4. The van der Waals surface area contributed by atoms with Gasteiger partial charge in [-0.2, -0.15) is 0 Å². The number of halogens is 1. The number of carbonyl (C=O) groups excluding carboxylic acids is 1. The minimum Gasteiger partial charge on any atom is -0.340 e. The zero-order valence-electron chi connectivity index (χ0n) is 10.4. The Balaban J connectivity index is 2.10. The van der Waals surface area contributed by atoms with Crippen LogP contribution in [0.3, 0.4) is 0 Å². The minimum atomic E-state index is -0.000913. The Morgan fingerprint density at radius 1 is 1.05 bits per heavy atom. The highest BCUT2D eigenvalue weighted by atomic mass is 127. The lowest BCUT2D eigenvalue weighted by Gasteiger charge is -2.08. The first kappa shape index (κ1) is 13.0. The molecular weight excluding hydrogens is 365 g/mol. The fourth-order valence-corrected chi connectivity index (χ4v) is 2.27. The number of benzene rings is 2. The van der Waals surface area contributed by atoms with Crippen LogP contribution < -0.4 is 5.32 Å². The third-order valence-electron chi connectivity index (χ3n) is 2.90. The van der Waals surface area contributed by atoms with Crippen LogP contribution in [0.15, 0.2) is 54.9 Å². The van der Waals surface area contributed by atoms with E-state index >= 15 is 0 Å². The van der Waals surface area contributed by atoms with Gasteiger partial charge in [-0.05, 0) is 30.3 Å². The predicted molar refractivity (Wildman–Crippen MR) is 87.6 cm³/mol. The van der Waals surface area contributed by atoms with Crippen LogP contribution in [0, 0.1) is 0 Å². The summed E-state index contributed by atoms with van der Waals surface area (Å²) in [6.45, 7) is 0. The molecule has 5 heteroatoms. The zero-order valence-corrected chi connectivity index (χ0v) is 12.5. The Kier molecular flexibility index (Phi) is 3.60. The summed E-state index contributed by atoms with van der Waals surface area (Å²) in [6, 6.07) is 15.2. The van der Waals surface area contributed by atoms with Gasteiger partial charge < -0.3 is 5.32 Å². The highest BCUT2D eigenvalue weighted by Crippen LogP contribution is 2.24. The van der Waals surface area contributed by atoms with Crippen LogP contribution in [0.25, 0.3) is 10.9 Å². The Morgan fingerprint density at radius 2 is 1.85 bits per heavy atom. The molecule has 0 bridgehead atoms. The van der Waals surface area contributed by atoms with Crippen molar-refractivity contribution in [1.29, 1.82) is 0 Å². The second kappa shape index (κ2) is 5.54. The molecule has 20 heavy (non-hydrogen) atoms. The van der Waals surface area contributed by atoms with Crippen molar-refractivity contribution in [2.24, 2.45) is 0 Å². The number of anilines is 2. The van der Waals surface area contributed by atoms with E-state index < -0.39 is 0 Å². The SMILES string of the molecule is O=C(I)c1ccc2ncnc(Nc3ccccc3)c2c1. The van der Waals surface area contributed by atoms with Crippen molar-refractivity contribution in [3.63, 3.8) is 0 Å². The fourth-order valence-electron chi connectivity index (χ4n) is 1.94. The molecule has 3 rings (SSSR count). The summed E-state index contributed by atoms with van der Waals surface area (Å²) in [5.41, 5.74) is 2.39. The largest absolute Gasteiger partial charge is 0.340 e. The maximum absolute atomic E-state index is 11.5. The molecule has 2 aromatic carbocycles. The van der Waals surface area contributed by atoms with Gasteiger partial charge in [0.2, 0.25) is 3.79 Å². The van der Waals surface area contributed by atoms with Crippen LogP contribution >= 0.6 is 22.6 Å². The molecule has 0 fully saturated rings. The van der Waals surface area contributed by atoms with Gasteiger partial charge in [0.25, 0.3) is 0 Å². The molecule has 0 spiro atoms. The van der Waals surface area contributed by atoms with Gasteiger partial charge in [0.15, 0.2) is 0 Å². The highest BCUT2D eigenvalue weighted by molar-refractivity contribution is 14.1. The van der Waals surface area contributed by atoms with Crippen LogP contribution in [-0.4, -0.2) is 13.8 Å². The van der Waals surface area contributed by atoms with E-state index in [1.807, 2.05) is 42.5 Å². The summed E-state index contributed by atoms with van der Waals surface area (Å²) in [7, 11) is 0. The Labute approximate surface area is 129 Å². The van der Waals surface area contributed by atoms with Gasteiger partial charge in [0.05, 0.1) is 5.52 Å². The zero-order chi connectivity index (χ0) is 13.9. The summed E-state index contributed by atoms with van der Waals surface area (Å²) in [6.07, 6.45) is 1.51. The third-order valence-corrected chi connectivity index (χ3v) is 3.52. The first-order valence-corrected chi connectivity index (χ1v) is 7.08. The summed E-state index contributed by atoms with van der Waals surface area (Å²) >= 11 is 1.78. The van der Waals surface area contributed by atoms with Gasteiger partial charge in [0, 0.05) is 39.2 Å². The van der Waals surface area contributed by atoms with Crippen LogP contribution in [0.4, 0.5) is 11.5 Å². The molecule has 0 saturated carbocycles. The molecule has 1 heterocycles. The van der Waals surface area contributed by atoms with E-state index in [1.165, 1.54) is 6.33 Å². The monoisotopic (exact) mass is 375 g/mol. The van der Waals surface area contributed by atoms with Crippen molar-refractivity contribution in [3.8, 4) is 0 Å². The van der Waals surface area contributed by atoms with E-state index in [4.69, 9.17) is 0 Å². The van der Waals surface area contributed by atoms with E-state index in [9.17, 15) is 4.79 Å². The van der Waals surface area contributed by atoms with Crippen molar-refractivity contribution in [1.82, 2.24) is 9.97 Å². The third kappa shape index (κ3) is 2.62. The summed E-state index contributed by atoms with van der Waals surface area (Å²) in [5, 5.41) is 4.08. The van der Waals surface area contributed by atoms with Crippen molar-refractivity contribution < 1.29 is 4.79 Å². The van der Waals surface area contributed by atoms with Crippen LogP contribution in [-0.2, 0) is 0 Å². The summed E-state index contributed by atoms with van der Waals surface area (Å²) in [5.74, 6) is 0.695. The maximum Gasteiger partial charge on any atom is 0.222 e. The molecular formula is C15H10IN3O. The number of aromatic nitrogens is 2. The lowest BCUT2D eigenvalue weighted by molar-refractivity contribution is 0.110. The second-order valence-electron chi connectivity index (χ2n) is 4.22. The Hall–Kier alpha value is -2.02. The van der Waals surface area contributed by atoms with Gasteiger partial charge in [-0.1, -0.05) is 18.2 Å². The van der Waals surface area contributed by atoms with Gasteiger partial charge in [-0.25, -0.2) is 9.97 Å². The average Bonchev–Trinajstić information content (AvgIpc) is 2.48. The smallest absolute Gasteiger partial charge is 0.222 e. The Bertz CT molecular complexity index is 774. The average molecular weight is 375 g/mol. The summed E-state index contributed by atoms with van der Waals surface area (Å²) in [4.78, 5) is 20.0. The number of fused-ring (bicyclic) bond motifs is 1. The molecule has 0 amide bonds. The van der Waals surface area contributed by atoms with Crippen molar-refractivity contribution in [3.05, 3.63) is 60.4 Å². The number of carbonyl (C=O) groups is 1. The maximum atomic E-state index is 11.5. The quantitative estimate of drug-likeness (QED) is 0.557. The minimum absolute atomic E-state index is 0.000913. The first-order chi connectivity index (χ1) is 9.74. The van der Waals surface area contributed by atoms with Gasteiger partial charge >= 0.3 is 0 Å². The number of hydrogen-bond acceptors (Lipinski definition) is 4. The van der Waals surface area contributed by atoms with E-state index in [2.05, 4.69) is 15.3 Å². The molecule has 0 radical (unpaired) electrons. The van der Waals surface area contributed by atoms with E-state index in [0.717, 1.165) is 16.6 Å². The van der Waals surface area contributed by atoms with Crippen molar-refractivity contribution in [2.75, 3.05) is 5.32 Å². The van der Waals surface area contributed by atoms with E-state index in [-0.39, 0.29) is 3.79 Å². The first-order valence-electron chi connectivity index (χ1n) is 6.01. The number of nitrogens with one attached hydrogen (secondary N) is 1. The van der Waals surface area contributed by atoms with E-state index in [1.54, 1.807) is 28.7 Å². The molecule has 0 unspecified atom stereocenters. The standard InChI is InChI=1S/C15H10IN3O/c16-14(20)10-6-7-13-12(8-10)15(18-9-17-13)19-11-4-2-1-3-5-11/h1-9H,(H,17,18,19). The highest BCUT2D eigenvalue weighted by Gasteiger charge is 2.08. The van der Waals surface area contributed by atoms with Gasteiger partial charge in [-0.15, -0.1) is 0 Å². The number of nitrogens with zero attached hydrogens (tertiary/aromatic N) is 2. The van der Waals surface area contributed by atoms with Crippen molar-refractivity contribution in [2.45, 2.75) is 0 Å². The molecule has 0 aliphatic rings. The predicted octanol–water partition coefficient (Wildman–Crippen LogP) is 3.95.